The number of rotatable bonds is 5. The Morgan fingerprint density at radius 3 is 3.00 bits per heavy atom. The molecule has 3 N–H and O–H groups in total. The second kappa shape index (κ2) is 6.10. The van der Waals surface area contributed by atoms with E-state index in [1.807, 2.05) is 19.1 Å². The highest BCUT2D eigenvalue weighted by molar-refractivity contribution is 5.80. The molecular weight excluding hydrogens is 242 g/mol. The summed E-state index contributed by atoms with van der Waals surface area (Å²) in [6, 6.07) is 3.59. The predicted octanol–water partition coefficient (Wildman–Crippen LogP) is 0.696. The number of aromatic nitrogens is 3. The molecule has 0 saturated carbocycles. The topological polar surface area (TPSA) is 82.7 Å². The first kappa shape index (κ1) is 13.2. The summed E-state index contributed by atoms with van der Waals surface area (Å²) in [6.45, 7) is 2.39. The predicted molar refractivity (Wildman–Crippen MR) is 72.2 cm³/mol. The van der Waals surface area contributed by atoms with Crippen LogP contribution in [0.2, 0.25) is 0 Å². The van der Waals surface area contributed by atoms with E-state index in [-0.39, 0.29) is 11.9 Å². The molecule has 1 atom stereocenters. The number of H-pyrrole nitrogens is 1. The largest absolute Gasteiger partial charge is 0.358 e. The highest BCUT2D eigenvalue weighted by Gasteiger charge is 2.12. The molecule has 6 heteroatoms. The Balaban J connectivity index is 2.07. The lowest BCUT2D eigenvalue weighted by Crippen LogP contribution is -2.40. The van der Waals surface area contributed by atoms with Crippen LogP contribution in [0.25, 0.3) is 11.3 Å². The SMILES string of the molecule is CNC(=O)C(C)NCc1cn[nH]c1-c1cccnc1. The van der Waals surface area contributed by atoms with E-state index in [0.29, 0.717) is 6.54 Å². The van der Waals surface area contributed by atoms with Crippen LogP contribution in [0.3, 0.4) is 0 Å². The Morgan fingerprint density at radius 2 is 2.32 bits per heavy atom. The molecule has 0 aromatic carbocycles. The number of hydrogen-bond acceptors (Lipinski definition) is 4. The van der Waals surface area contributed by atoms with Crippen LogP contribution in [0.5, 0.6) is 0 Å². The molecule has 0 bridgehead atoms. The fourth-order valence-corrected chi connectivity index (χ4v) is 1.78. The zero-order valence-corrected chi connectivity index (χ0v) is 11.0. The number of carbonyl (C=O) groups excluding carboxylic acids is 1. The van der Waals surface area contributed by atoms with Gasteiger partial charge in [-0.15, -0.1) is 0 Å². The molecule has 0 aliphatic rings. The Morgan fingerprint density at radius 1 is 1.47 bits per heavy atom. The third kappa shape index (κ3) is 3.17. The van der Waals surface area contributed by atoms with Gasteiger partial charge in [-0.25, -0.2) is 0 Å². The van der Waals surface area contributed by atoms with Gasteiger partial charge < -0.3 is 10.6 Å². The lowest BCUT2D eigenvalue weighted by molar-refractivity contribution is -0.122. The maximum atomic E-state index is 11.4. The molecule has 0 spiro atoms. The molecule has 2 aromatic heterocycles. The number of nitrogens with one attached hydrogen (secondary N) is 3. The van der Waals surface area contributed by atoms with Gasteiger partial charge in [-0.1, -0.05) is 0 Å². The van der Waals surface area contributed by atoms with Crippen LogP contribution in [0.15, 0.2) is 30.7 Å². The molecule has 2 aromatic rings. The fraction of sp³-hybridized carbons (Fsp3) is 0.308. The molecule has 2 heterocycles. The van der Waals surface area contributed by atoms with Crippen LogP contribution < -0.4 is 10.6 Å². The number of likely N-dealkylation sites (N-methyl/N-ethyl adjacent to an activating group) is 1. The molecule has 100 valence electrons. The van der Waals surface area contributed by atoms with Crippen LogP contribution in [0, 0.1) is 0 Å². The average Bonchev–Trinajstić information content (AvgIpc) is 2.93. The van der Waals surface area contributed by atoms with Gasteiger partial charge >= 0.3 is 0 Å². The van der Waals surface area contributed by atoms with Gasteiger partial charge in [-0.05, 0) is 19.1 Å². The smallest absolute Gasteiger partial charge is 0.236 e. The number of amides is 1. The number of nitrogens with zero attached hydrogens (tertiary/aromatic N) is 2. The molecular formula is C13H17N5O. The van der Waals surface area contributed by atoms with Crippen molar-refractivity contribution < 1.29 is 4.79 Å². The van der Waals surface area contributed by atoms with Crippen LogP contribution in [0.1, 0.15) is 12.5 Å². The van der Waals surface area contributed by atoms with Gasteiger partial charge in [0.2, 0.25) is 5.91 Å². The van der Waals surface area contributed by atoms with Gasteiger partial charge in [0.1, 0.15) is 0 Å². The number of hydrogen-bond donors (Lipinski definition) is 3. The van der Waals surface area contributed by atoms with E-state index in [0.717, 1.165) is 16.8 Å². The number of carbonyl (C=O) groups is 1. The van der Waals surface area contributed by atoms with Gasteiger partial charge in [0.05, 0.1) is 17.9 Å². The van der Waals surface area contributed by atoms with E-state index < -0.39 is 0 Å². The Hall–Kier alpha value is -2.21. The zero-order valence-electron chi connectivity index (χ0n) is 11.0. The van der Waals surface area contributed by atoms with Gasteiger partial charge in [0, 0.05) is 37.1 Å². The summed E-state index contributed by atoms with van der Waals surface area (Å²) in [4.78, 5) is 15.5. The molecule has 0 aliphatic heterocycles. The monoisotopic (exact) mass is 259 g/mol. The van der Waals surface area contributed by atoms with E-state index in [1.54, 1.807) is 25.6 Å². The second-order valence-electron chi connectivity index (χ2n) is 4.23. The number of pyridine rings is 1. The fourth-order valence-electron chi connectivity index (χ4n) is 1.78. The Labute approximate surface area is 111 Å². The van der Waals surface area contributed by atoms with E-state index in [4.69, 9.17) is 0 Å². The molecule has 2 rings (SSSR count). The maximum Gasteiger partial charge on any atom is 0.236 e. The lowest BCUT2D eigenvalue weighted by atomic mass is 10.1. The van der Waals surface area contributed by atoms with E-state index in [2.05, 4.69) is 25.8 Å². The molecule has 6 nitrogen and oxygen atoms in total. The van der Waals surface area contributed by atoms with Crippen molar-refractivity contribution in [2.24, 2.45) is 0 Å². The van der Waals surface area contributed by atoms with Gasteiger partial charge in [0.25, 0.3) is 0 Å². The maximum absolute atomic E-state index is 11.4. The van der Waals surface area contributed by atoms with Gasteiger partial charge in [0.15, 0.2) is 0 Å². The third-order valence-corrected chi connectivity index (χ3v) is 2.91. The van der Waals surface area contributed by atoms with E-state index in [1.165, 1.54) is 0 Å². The molecule has 0 radical (unpaired) electrons. The van der Waals surface area contributed by atoms with E-state index in [9.17, 15) is 4.79 Å². The van der Waals surface area contributed by atoms with Crippen molar-refractivity contribution in [3.8, 4) is 11.3 Å². The Bertz CT molecular complexity index is 537. The molecule has 0 fully saturated rings. The Kier molecular flexibility index (Phi) is 4.25. The molecule has 19 heavy (non-hydrogen) atoms. The minimum absolute atomic E-state index is 0.0357. The average molecular weight is 259 g/mol. The molecule has 0 aliphatic carbocycles. The summed E-state index contributed by atoms with van der Waals surface area (Å²) in [5.41, 5.74) is 2.90. The van der Waals surface area contributed by atoms with Gasteiger partial charge in [-0.3, -0.25) is 14.9 Å². The third-order valence-electron chi connectivity index (χ3n) is 2.91. The van der Waals surface area contributed by atoms with Crippen molar-refractivity contribution >= 4 is 5.91 Å². The first-order valence-electron chi connectivity index (χ1n) is 6.10. The first-order chi connectivity index (χ1) is 9.22. The van der Waals surface area contributed by atoms with Crippen molar-refractivity contribution in [2.75, 3.05) is 7.05 Å². The summed E-state index contributed by atoms with van der Waals surface area (Å²) in [5.74, 6) is -0.0357. The van der Waals surface area contributed by atoms with Crippen molar-refractivity contribution in [2.45, 2.75) is 19.5 Å². The van der Waals surface area contributed by atoms with Crippen molar-refractivity contribution in [3.63, 3.8) is 0 Å². The summed E-state index contributed by atoms with van der Waals surface area (Å²) in [7, 11) is 1.62. The van der Waals surface area contributed by atoms with Gasteiger partial charge in [-0.2, -0.15) is 5.10 Å². The van der Waals surface area contributed by atoms with Crippen molar-refractivity contribution in [1.29, 1.82) is 0 Å². The normalized spacial score (nSPS) is 12.1. The summed E-state index contributed by atoms with van der Waals surface area (Å²) >= 11 is 0. The zero-order chi connectivity index (χ0) is 13.7. The van der Waals surface area contributed by atoms with Crippen LogP contribution in [-0.4, -0.2) is 34.2 Å². The summed E-state index contributed by atoms with van der Waals surface area (Å²) < 4.78 is 0. The van der Waals surface area contributed by atoms with Crippen molar-refractivity contribution in [3.05, 3.63) is 36.3 Å². The first-order valence-corrected chi connectivity index (χ1v) is 6.10. The standard InChI is InChI=1S/C13H17N5O/c1-9(13(19)14-2)16-7-11-8-17-18-12(11)10-4-3-5-15-6-10/h3-6,8-9,16H,7H2,1-2H3,(H,14,19)(H,17,18). The van der Waals surface area contributed by atoms with Crippen LogP contribution in [0.4, 0.5) is 0 Å². The molecule has 0 saturated heterocycles. The summed E-state index contributed by atoms with van der Waals surface area (Å²) in [5, 5.41) is 12.8. The highest BCUT2D eigenvalue weighted by Crippen LogP contribution is 2.19. The quantitative estimate of drug-likeness (QED) is 0.738. The highest BCUT2D eigenvalue weighted by atomic mass is 16.2. The lowest BCUT2D eigenvalue weighted by Gasteiger charge is -2.12. The molecule has 1 amide bonds. The van der Waals surface area contributed by atoms with Crippen LogP contribution >= 0.6 is 0 Å². The van der Waals surface area contributed by atoms with Crippen molar-refractivity contribution in [1.82, 2.24) is 25.8 Å². The van der Waals surface area contributed by atoms with Crippen LogP contribution in [-0.2, 0) is 11.3 Å². The summed E-state index contributed by atoms with van der Waals surface area (Å²) in [6.07, 6.45) is 5.26. The second-order valence-corrected chi connectivity index (χ2v) is 4.23. The molecule has 1 unspecified atom stereocenters. The number of aromatic amines is 1. The minimum atomic E-state index is -0.248. The van der Waals surface area contributed by atoms with E-state index >= 15 is 0 Å². The minimum Gasteiger partial charge on any atom is -0.358 e.